The molecule has 0 atom stereocenters. The maximum Gasteiger partial charge on any atom is 0.308 e. The zero-order valence-corrected chi connectivity index (χ0v) is 11.3. The topological polar surface area (TPSA) is 99.2 Å². The molecule has 2 rings (SSSR count). The van der Waals surface area contributed by atoms with Gasteiger partial charge in [0.25, 0.3) is 5.69 Å². The average molecular weight is 312 g/mol. The molecular weight excluding hydrogens is 306 g/mol. The van der Waals surface area contributed by atoms with Crippen molar-refractivity contribution in [3.8, 4) is 0 Å². The molecule has 0 bridgehead atoms. The summed E-state index contributed by atoms with van der Waals surface area (Å²) in [5.41, 5.74) is -0.823. The van der Waals surface area contributed by atoms with Crippen LogP contribution in [0.4, 0.5) is 11.4 Å². The fraction of sp³-hybridized carbons (Fsp3) is 0. The van der Waals surface area contributed by atoms with Crippen molar-refractivity contribution in [3.05, 3.63) is 61.8 Å². The number of aromatic nitrogens is 1. The van der Waals surface area contributed by atoms with Crippen LogP contribution in [0.25, 0.3) is 0 Å². The Morgan fingerprint density at radius 2 is 1.75 bits per heavy atom. The number of nitro groups is 2. The van der Waals surface area contributed by atoms with E-state index in [0.717, 1.165) is 24.0 Å². The summed E-state index contributed by atoms with van der Waals surface area (Å²) >= 11 is 6.78. The number of hydrogen-bond acceptors (Lipinski definition) is 6. The van der Waals surface area contributed by atoms with E-state index in [-0.39, 0.29) is 5.03 Å². The third kappa shape index (κ3) is 3.22. The molecule has 7 nitrogen and oxygen atoms in total. The molecule has 0 saturated carbocycles. The van der Waals surface area contributed by atoms with E-state index in [1.54, 1.807) is 24.3 Å². The molecule has 102 valence electrons. The first-order valence-electron chi connectivity index (χ1n) is 5.19. The lowest BCUT2D eigenvalue weighted by molar-refractivity contribution is -0.396. The fourth-order valence-corrected chi connectivity index (χ4v) is 2.32. The van der Waals surface area contributed by atoms with Crippen LogP contribution >= 0.6 is 23.4 Å². The van der Waals surface area contributed by atoms with Gasteiger partial charge in [-0.1, -0.05) is 23.4 Å². The van der Waals surface area contributed by atoms with Crippen molar-refractivity contribution in [2.45, 2.75) is 9.92 Å². The maximum absolute atomic E-state index is 10.9. The number of benzene rings is 1. The van der Waals surface area contributed by atoms with Crippen molar-refractivity contribution in [2.24, 2.45) is 0 Å². The summed E-state index contributed by atoms with van der Waals surface area (Å²) in [5, 5.41) is 22.2. The van der Waals surface area contributed by atoms with Crippen LogP contribution in [0.3, 0.4) is 0 Å². The summed E-state index contributed by atoms with van der Waals surface area (Å²) in [4.78, 5) is 24.6. The molecule has 0 unspecified atom stereocenters. The highest BCUT2D eigenvalue weighted by Gasteiger charge is 2.21. The van der Waals surface area contributed by atoms with Crippen LogP contribution in [0.2, 0.25) is 5.02 Å². The van der Waals surface area contributed by atoms with Crippen LogP contribution in [0.15, 0.2) is 46.5 Å². The molecule has 0 amide bonds. The molecule has 0 aliphatic heterocycles. The summed E-state index contributed by atoms with van der Waals surface area (Å²) in [5.74, 6) is 0. The van der Waals surface area contributed by atoms with E-state index in [2.05, 4.69) is 4.98 Å². The Hall–Kier alpha value is -2.19. The number of pyridine rings is 1. The molecule has 1 aromatic carbocycles. The van der Waals surface area contributed by atoms with E-state index in [4.69, 9.17) is 11.6 Å². The first-order valence-corrected chi connectivity index (χ1v) is 6.39. The Morgan fingerprint density at radius 3 is 2.30 bits per heavy atom. The average Bonchev–Trinajstić information content (AvgIpc) is 2.41. The number of halogens is 1. The SMILES string of the molecule is O=[N+]([O-])c1cnc(Sc2ccc(Cl)cc2)c([N+](=O)[O-])c1. The van der Waals surface area contributed by atoms with E-state index in [1.807, 2.05) is 0 Å². The van der Waals surface area contributed by atoms with Crippen LogP contribution in [-0.4, -0.2) is 14.8 Å². The highest BCUT2D eigenvalue weighted by Crippen LogP contribution is 2.35. The minimum absolute atomic E-state index is 0.0860. The normalized spacial score (nSPS) is 10.2. The highest BCUT2D eigenvalue weighted by molar-refractivity contribution is 7.99. The zero-order chi connectivity index (χ0) is 14.7. The Bertz CT molecular complexity index is 678. The van der Waals surface area contributed by atoms with Crippen molar-refractivity contribution >= 4 is 34.7 Å². The van der Waals surface area contributed by atoms with Crippen LogP contribution in [-0.2, 0) is 0 Å². The van der Waals surface area contributed by atoms with Crippen LogP contribution < -0.4 is 0 Å². The number of hydrogen-bond donors (Lipinski definition) is 0. The van der Waals surface area contributed by atoms with Gasteiger partial charge in [-0.25, -0.2) is 4.98 Å². The third-order valence-electron chi connectivity index (χ3n) is 2.25. The van der Waals surface area contributed by atoms with Gasteiger partial charge in [0.1, 0.15) is 6.20 Å². The monoisotopic (exact) mass is 311 g/mol. The van der Waals surface area contributed by atoms with E-state index in [1.165, 1.54) is 0 Å². The molecular formula is C11H6ClN3O4S. The van der Waals surface area contributed by atoms with Gasteiger partial charge >= 0.3 is 5.69 Å². The minimum atomic E-state index is -0.725. The molecule has 0 N–H and O–H groups in total. The second-order valence-corrected chi connectivity index (χ2v) is 5.09. The van der Waals surface area contributed by atoms with Crippen LogP contribution in [0.5, 0.6) is 0 Å². The zero-order valence-electron chi connectivity index (χ0n) is 9.72. The molecule has 20 heavy (non-hydrogen) atoms. The molecule has 0 aliphatic carbocycles. The van der Waals surface area contributed by atoms with Crippen LogP contribution in [0.1, 0.15) is 0 Å². The van der Waals surface area contributed by atoms with Gasteiger partial charge in [-0.2, -0.15) is 0 Å². The van der Waals surface area contributed by atoms with Gasteiger partial charge in [-0.15, -0.1) is 0 Å². The summed E-state index contributed by atoms with van der Waals surface area (Å²) in [7, 11) is 0. The fourth-order valence-electron chi connectivity index (χ4n) is 1.35. The lowest BCUT2D eigenvalue weighted by atomic mass is 10.4. The van der Waals surface area contributed by atoms with Crippen molar-refractivity contribution < 1.29 is 9.85 Å². The van der Waals surface area contributed by atoms with E-state index < -0.39 is 21.2 Å². The van der Waals surface area contributed by atoms with Gasteiger partial charge in [0, 0.05) is 9.92 Å². The van der Waals surface area contributed by atoms with Gasteiger partial charge in [-0.05, 0) is 24.3 Å². The van der Waals surface area contributed by atoms with Crippen LogP contribution in [0, 0.1) is 20.2 Å². The van der Waals surface area contributed by atoms with Gasteiger partial charge in [0.15, 0.2) is 5.03 Å². The second-order valence-electron chi connectivity index (χ2n) is 3.59. The maximum atomic E-state index is 10.9. The van der Waals surface area contributed by atoms with Crippen molar-refractivity contribution in [3.63, 3.8) is 0 Å². The Kier molecular flexibility index (Phi) is 4.16. The van der Waals surface area contributed by atoms with Gasteiger partial charge in [0.05, 0.1) is 15.9 Å². The molecule has 0 aliphatic rings. The first kappa shape index (κ1) is 14.2. The van der Waals surface area contributed by atoms with E-state index >= 15 is 0 Å². The lowest BCUT2D eigenvalue weighted by Crippen LogP contribution is -1.96. The molecule has 0 spiro atoms. The summed E-state index contributed by atoms with van der Waals surface area (Å²) in [6.45, 7) is 0. The van der Waals surface area contributed by atoms with E-state index in [9.17, 15) is 20.2 Å². The predicted molar refractivity (Wildman–Crippen MR) is 73.1 cm³/mol. The van der Waals surface area contributed by atoms with Crippen molar-refractivity contribution in [1.29, 1.82) is 0 Å². The minimum Gasteiger partial charge on any atom is -0.258 e. The lowest BCUT2D eigenvalue weighted by Gasteiger charge is -2.02. The molecule has 0 radical (unpaired) electrons. The largest absolute Gasteiger partial charge is 0.308 e. The van der Waals surface area contributed by atoms with Crippen molar-refractivity contribution in [1.82, 2.24) is 4.98 Å². The Labute approximate surface area is 121 Å². The van der Waals surface area contributed by atoms with Gasteiger partial charge in [-0.3, -0.25) is 20.2 Å². The predicted octanol–water partition coefficient (Wildman–Crippen LogP) is 3.70. The second kappa shape index (κ2) is 5.85. The van der Waals surface area contributed by atoms with E-state index in [0.29, 0.717) is 9.92 Å². The Balaban J connectivity index is 2.38. The summed E-state index contributed by atoms with van der Waals surface area (Å²) < 4.78 is 0. The molecule has 0 saturated heterocycles. The quantitative estimate of drug-likeness (QED) is 0.630. The number of nitrogens with zero attached hydrogens (tertiary/aromatic N) is 3. The number of rotatable bonds is 4. The Morgan fingerprint density at radius 1 is 1.10 bits per heavy atom. The molecule has 9 heteroatoms. The smallest absolute Gasteiger partial charge is 0.258 e. The van der Waals surface area contributed by atoms with Gasteiger partial charge < -0.3 is 0 Å². The molecule has 1 aromatic heterocycles. The van der Waals surface area contributed by atoms with Crippen molar-refractivity contribution in [2.75, 3.05) is 0 Å². The molecule has 2 aromatic rings. The van der Waals surface area contributed by atoms with Gasteiger partial charge in [0.2, 0.25) is 0 Å². The summed E-state index contributed by atoms with van der Waals surface area (Å²) in [6.07, 6.45) is 0.991. The standard InChI is InChI=1S/C11H6ClN3O4S/c12-7-1-3-9(4-2-7)20-11-10(15(18)19)5-8(6-13-11)14(16)17/h1-6H. The summed E-state index contributed by atoms with van der Waals surface area (Å²) in [6, 6.07) is 7.53. The highest BCUT2D eigenvalue weighted by atomic mass is 35.5. The third-order valence-corrected chi connectivity index (χ3v) is 3.52. The first-order chi connectivity index (χ1) is 9.47. The molecule has 0 fully saturated rings. The molecule has 1 heterocycles.